The molecule has 136 valence electrons. The van der Waals surface area contributed by atoms with Crippen molar-refractivity contribution in [2.24, 2.45) is 0 Å². The van der Waals surface area contributed by atoms with Gasteiger partial charge in [0, 0.05) is 18.8 Å². The molecule has 2 aromatic rings. The number of pyridine rings is 1. The van der Waals surface area contributed by atoms with Crippen LogP contribution in [0.15, 0.2) is 41.4 Å². The van der Waals surface area contributed by atoms with Crippen LogP contribution in [0.25, 0.3) is 0 Å². The van der Waals surface area contributed by atoms with E-state index in [1.807, 2.05) is 6.07 Å². The molecule has 0 N–H and O–H groups in total. The summed E-state index contributed by atoms with van der Waals surface area (Å²) in [5.74, 6) is -0.170. The third-order valence-electron chi connectivity index (χ3n) is 4.25. The Morgan fingerprint density at radius 1 is 1.35 bits per heavy atom. The molecule has 0 saturated carbocycles. The van der Waals surface area contributed by atoms with Gasteiger partial charge in [0.1, 0.15) is 11.9 Å². The summed E-state index contributed by atoms with van der Waals surface area (Å²) in [5, 5.41) is 8.94. The molecule has 0 amide bonds. The van der Waals surface area contributed by atoms with E-state index < -0.39 is 15.8 Å². The van der Waals surface area contributed by atoms with E-state index in [-0.39, 0.29) is 17.5 Å². The zero-order valence-electron chi connectivity index (χ0n) is 14.2. The summed E-state index contributed by atoms with van der Waals surface area (Å²) >= 11 is 0. The van der Waals surface area contributed by atoms with E-state index in [0.29, 0.717) is 36.4 Å². The molecule has 8 heteroatoms. The lowest BCUT2D eigenvalue weighted by molar-refractivity contribution is 0.124. The van der Waals surface area contributed by atoms with E-state index in [9.17, 15) is 12.8 Å². The highest BCUT2D eigenvalue weighted by atomic mass is 32.2. The number of sulfonamides is 1. The first-order valence-corrected chi connectivity index (χ1v) is 9.63. The van der Waals surface area contributed by atoms with Crippen molar-refractivity contribution in [1.29, 1.82) is 5.26 Å². The third kappa shape index (κ3) is 3.84. The summed E-state index contributed by atoms with van der Waals surface area (Å²) in [6.45, 7) is 2.13. The normalized spacial score (nSPS) is 18.3. The molecule has 1 aromatic heterocycles. The van der Waals surface area contributed by atoms with Crippen LogP contribution in [-0.2, 0) is 10.0 Å². The Morgan fingerprint density at radius 2 is 2.15 bits per heavy atom. The number of aromatic nitrogens is 1. The number of nitrogens with zero attached hydrogens (tertiary/aromatic N) is 3. The summed E-state index contributed by atoms with van der Waals surface area (Å²) in [6.07, 6.45) is 2.45. The maximum atomic E-state index is 13.3. The fourth-order valence-corrected chi connectivity index (χ4v) is 4.69. The van der Waals surface area contributed by atoms with Crippen LogP contribution in [0, 0.1) is 24.1 Å². The molecule has 26 heavy (non-hydrogen) atoms. The Bertz CT molecular complexity index is 956. The maximum Gasteiger partial charge on any atom is 0.243 e. The van der Waals surface area contributed by atoms with E-state index in [4.69, 9.17) is 10.00 Å². The second-order valence-electron chi connectivity index (χ2n) is 6.15. The molecule has 1 aromatic carbocycles. The van der Waals surface area contributed by atoms with Gasteiger partial charge in [0.2, 0.25) is 15.9 Å². The van der Waals surface area contributed by atoms with Crippen LogP contribution in [0.5, 0.6) is 5.88 Å². The van der Waals surface area contributed by atoms with Crippen LogP contribution in [0.1, 0.15) is 24.0 Å². The van der Waals surface area contributed by atoms with Gasteiger partial charge in [-0.2, -0.15) is 9.57 Å². The predicted molar refractivity (Wildman–Crippen MR) is 92.5 cm³/mol. The van der Waals surface area contributed by atoms with E-state index in [0.717, 1.165) is 6.07 Å². The SMILES string of the molecule is Cc1cc(F)ccc1S(=O)(=O)N1CCC[C@@H](Oc2cc(C#N)ccn2)C1. The minimum atomic E-state index is -3.73. The quantitative estimate of drug-likeness (QED) is 0.820. The van der Waals surface area contributed by atoms with Gasteiger partial charge in [-0.25, -0.2) is 17.8 Å². The molecule has 3 rings (SSSR count). The second kappa shape index (κ2) is 7.40. The Labute approximate surface area is 151 Å². The zero-order chi connectivity index (χ0) is 18.7. The van der Waals surface area contributed by atoms with Gasteiger partial charge in [-0.05, 0) is 49.6 Å². The number of rotatable bonds is 4. The second-order valence-corrected chi connectivity index (χ2v) is 8.06. The molecule has 0 bridgehead atoms. The third-order valence-corrected chi connectivity index (χ3v) is 6.27. The van der Waals surface area contributed by atoms with Gasteiger partial charge in [-0.1, -0.05) is 0 Å². The Morgan fingerprint density at radius 3 is 2.88 bits per heavy atom. The fraction of sp³-hybridized carbons (Fsp3) is 0.333. The van der Waals surface area contributed by atoms with Crippen molar-refractivity contribution in [1.82, 2.24) is 9.29 Å². The number of hydrogen-bond acceptors (Lipinski definition) is 5. The van der Waals surface area contributed by atoms with Crippen molar-refractivity contribution in [2.75, 3.05) is 13.1 Å². The lowest BCUT2D eigenvalue weighted by atomic mass is 10.1. The number of ether oxygens (including phenoxy) is 1. The molecule has 0 spiro atoms. The van der Waals surface area contributed by atoms with Gasteiger partial charge in [0.15, 0.2) is 0 Å². The van der Waals surface area contributed by atoms with Crippen LogP contribution in [0.4, 0.5) is 4.39 Å². The van der Waals surface area contributed by atoms with Crippen LogP contribution < -0.4 is 4.74 Å². The van der Waals surface area contributed by atoms with Gasteiger partial charge in [-0.3, -0.25) is 0 Å². The summed E-state index contributed by atoms with van der Waals surface area (Å²) in [7, 11) is -3.73. The highest BCUT2D eigenvalue weighted by Gasteiger charge is 2.32. The maximum absolute atomic E-state index is 13.3. The van der Waals surface area contributed by atoms with Crippen LogP contribution >= 0.6 is 0 Å². The monoisotopic (exact) mass is 375 g/mol. The zero-order valence-corrected chi connectivity index (χ0v) is 15.0. The fourth-order valence-electron chi connectivity index (χ4n) is 2.98. The van der Waals surface area contributed by atoms with E-state index in [2.05, 4.69) is 4.98 Å². The van der Waals surface area contributed by atoms with Crippen molar-refractivity contribution >= 4 is 10.0 Å². The lowest BCUT2D eigenvalue weighted by Gasteiger charge is -2.32. The molecule has 1 aliphatic rings. The molecular formula is C18H18FN3O3S. The minimum absolute atomic E-state index is 0.101. The topological polar surface area (TPSA) is 83.3 Å². The van der Waals surface area contributed by atoms with Crippen LogP contribution in [0.2, 0.25) is 0 Å². The van der Waals surface area contributed by atoms with Gasteiger partial charge in [0.25, 0.3) is 0 Å². The molecule has 2 heterocycles. The smallest absolute Gasteiger partial charge is 0.243 e. The first kappa shape index (κ1) is 18.3. The number of benzene rings is 1. The highest BCUT2D eigenvalue weighted by molar-refractivity contribution is 7.89. The molecule has 0 unspecified atom stereocenters. The summed E-state index contributed by atoms with van der Waals surface area (Å²) < 4.78 is 46.2. The lowest BCUT2D eigenvalue weighted by Crippen LogP contribution is -2.44. The van der Waals surface area contributed by atoms with Gasteiger partial charge < -0.3 is 4.74 Å². The minimum Gasteiger partial charge on any atom is -0.473 e. The number of halogens is 1. The number of nitriles is 1. The van der Waals surface area contributed by atoms with Crippen LogP contribution in [0.3, 0.4) is 0 Å². The van der Waals surface area contributed by atoms with Crippen molar-refractivity contribution < 1.29 is 17.5 Å². The summed E-state index contributed by atoms with van der Waals surface area (Å²) in [6, 6.07) is 8.76. The molecular weight excluding hydrogens is 357 g/mol. The molecule has 1 atom stereocenters. The summed E-state index contributed by atoms with van der Waals surface area (Å²) in [4.78, 5) is 4.17. The average Bonchev–Trinajstić information content (AvgIpc) is 2.62. The van der Waals surface area contributed by atoms with E-state index >= 15 is 0 Å². The average molecular weight is 375 g/mol. The van der Waals surface area contributed by atoms with Crippen molar-refractivity contribution in [3.05, 3.63) is 53.5 Å². The van der Waals surface area contributed by atoms with Gasteiger partial charge in [0.05, 0.1) is 23.1 Å². The highest BCUT2D eigenvalue weighted by Crippen LogP contribution is 2.25. The predicted octanol–water partition coefficient (Wildman–Crippen LogP) is 2.63. The Kier molecular flexibility index (Phi) is 5.20. The summed E-state index contributed by atoms with van der Waals surface area (Å²) in [5.41, 5.74) is 0.800. The van der Waals surface area contributed by atoms with Crippen molar-refractivity contribution in [3.63, 3.8) is 0 Å². The van der Waals surface area contributed by atoms with Crippen molar-refractivity contribution in [2.45, 2.75) is 30.8 Å². The molecule has 6 nitrogen and oxygen atoms in total. The number of piperidine rings is 1. The first-order valence-electron chi connectivity index (χ1n) is 8.19. The van der Waals surface area contributed by atoms with Crippen LogP contribution in [-0.4, -0.2) is 36.9 Å². The molecule has 1 fully saturated rings. The molecule has 0 radical (unpaired) electrons. The van der Waals surface area contributed by atoms with Crippen molar-refractivity contribution in [3.8, 4) is 11.9 Å². The molecule has 1 saturated heterocycles. The number of aryl methyl sites for hydroxylation is 1. The molecule has 1 aliphatic heterocycles. The first-order chi connectivity index (χ1) is 12.4. The standard InChI is InChI=1S/C18H18FN3O3S/c1-13-9-15(19)4-5-17(13)26(23,24)22-8-2-3-16(12-22)25-18-10-14(11-20)6-7-21-18/h4-7,9-10,16H,2-3,8,12H2,1H3/t16-/m1/s1. The van der Waals surface area contributed by atoms with E-state index in [1.165, 1.54) is 28.7 Å². The largest absolute Gasteiger partial charge is 0.473 e. The van der Waals surface area contributed by atoms with Gasteiger partial charge in [-0.15, -0.1) is 0 Å². The van der Waals surface area contributed by atoms with E-state index in [1.54, 1.807) is 13.0 Å². The van der Waals surface area contributed by atoms with Gasteiger partial charge >= 0.3 is 0 Å². The number of hydrogen-bond donors (Lipinski definition) is 0. The molecule has 0 aliphatic carbocycles. The Balaban J connectivity index is 1.78. The Hall–Kier alpha value is -2.50.